The normalized spacial score (nSPS) is 11.5. The van der Waals surface area contributed by atoms with Gasteiger partial charge in [-0.15, -0.1) is 0 Å². The summed E-state index contributed by atoms with van der Waals surface area (Å²) < 4.78 is 10.4. The van der Waals surface area contributed by atoms with Crippen molar-refractivity contribution in [2.24, 2.45) is 0 Å². The number of carbonyl (C=O) groups is 2. The van der Waals surface area contributed by atoms with E-state index in [4.69, 9.17) is 4.42 Å². The van der Waals surface area contributed by atoms with E-state index in [9.17, 15) is 9.59 Å². The van der Waals surface area contributed by atoms with Crippen LogP contribution in [-0.4, -0.2) is 47.0 Å². The average Bonchev–Trinajstić information content (AvgIpc) is 3.65. The topological polar surface area (TPSA) is 92.4 Å². The molecule has 0 radical (unpaired) electrons. The van der Waals surface area contributed by atoms with Crippen molar-refractivity contribution >= 4 is 40.4 Å². The van der Waals surface area contributed by atoms with Gasteiger partial charge in [0.25, 0.3) is 11.8 Å². The number of hydrogen-bond donors (Lipinski definition) is 2. The van der Waals surface area contributed by atoms with Gasteiger partial charge in [0.05, 0.1) is 16.9 Å². The largest absolute Gasteiger partial charge is 0.455 e. The lowest BCUT2D eigenvalue weighted by Crippen LogP contribution is -2.40. The summed E-state index contributed by atoms with van der Waals surface area (Å²) in [5.41, 5.74) is 5.66. The summed E-state index contributed by atoms with van der Waals surface area (Å²) in [5, 5.41) is 10.8. The predicted octanol–water partition coefficient (Wildman–Crippen LogP) is 6.94. The maximum Gasteiger partial charge on any atom is 0.255 e. The molecule has 0 aliphatic heterocycles. The smallest absolute Gasteiger partial charge is 0.255 e. The van der Waals surface area contributed by atoms with E-state index in [2.05, 4.69) is 27.0 Å². The number of amides is 2. The number of rotatable bonds is 8. The third-order valence-corrected chi connectivity index (χ3v) is 7.76. The highest BCUT2D eigenvalue weighted by Crippen LogP contribution is 2.42. The first kappa shape index (κ1) is 29.0. The minimum atomic E-state index is -0.360. The van der Waals surface area contributed by atoms with Crippen molar-refractivity contribution in [1.82, 2.24) is 20.4 Å². The van der Waals surface area contributed by atoms with E-state index in [1.807, 2.05) is 100.0 Å². The number of anilines is 1. The Morgan fingerprint density at radius 1 is 1.00 bits per heavy atom. The molecule has 5 aromatic rings. The highest BCUT2D eigenvalue weighted by Gasteiger charge is 2.25. The van der Waals surface area contributed by atoms with Gasteiger partial charge in [0.2, 0.25) is 0 Å². The molecule has 42 heavy (non-hydrogen) atoms. The van der Waals surface area contributed by atoms with Gasteiger partial charge in [0.1, 0.15) is 11.3 Å². The van der Waals surface area contributed by atoms with Crippen LogP contribution >= 0.6 is 11.9 Å². The zero-order valence-corrected chi connectivity index (χ0v) is 25.5. The number of furan rings is 1. The summed E-state index contributed by atoms with van der Waals surface area (Å²) in [6, 6.07) is 21.2. The van der Waals surface area contributed by atoms with Crippen LogP contribution < -0.4 is 14.9 Å². The number of fused-ring (bicyclic) bond motifs is 1. The molecule has 2 heterocycles. The molecule has 2 amide bonds. The molecule has 2 N–H and O–H groups in total. The van der Waals surface area contributed by atoms with E-state index in [1.54, 1.807) is 29.9 Å². The molecule has 0 unspecified atom stereocenters. The van der Waals surface area contributed by atoms with Crippen LogP contribution in [0.3, 0.4) is 0 Å². The highest BCUT2D eigenvalue weighted by atomic mass is 32.2. The van der Waals surface area contributed by atoms with Crippen LogP contribution in [0.2, 0.25) is 0 Å². The molecule has 0 saturated heterocycles. The maximum absolute atomic E-state index is 13.3. The van der Waals surface area contributed by atoms with Gasteiger partial charge in [-0.1, -0.05) is 24.1 Å². The van der Waals surface area contributed by atoms with Crippen molar-refractivity contribution in [3.63, 3.8) is 0 Å². The number of carbonyl (C=O) groups excluding carboxylic acids is 2. The van der Waals surface area contributed by atoms with Gasteiger partial charge in [-0.05, 0) is 81.8 Å². The second kappa shape index (κ2) is 11.8. The Labute approximate surface area is 250 Å². The molecule has 2 aromatic heterocycles. The summed E-state index contributed by atoms with van der Waals surface area (Å²) in [6.07, 6.45) is 5.63. The number of nitrogens with zero attached hydrogens (tertiary/aromatic N) is 3. The molecule has 5 rings (SSSR count). The zero-order chi connectivity index (χ0) is 30.0. The van der Waals surface area contributed by atoms with Crippen LogP contribution in [0.25, 0.3) is 39.1 Å². The van der Waals surface area contributed by atoms with E-state index in [0.717, 1.165) is 34.6 Å². The summed E-state index contributed by atoms with van der Waals surface area (Å²) in [6.45, 7) is 8.71. The molecule has 8 nitrogen and oxygen atoms in total. The van der Waals surface area contributed by atoms with Crippen LogP contribution in [-0.2, 0) is 0 Å². The van der Waals surface area contributed by atoms with Crippen molar-refractivity contribution in [2.75, 3.05) is 24.2 Å². The second-order valence-corrected chi connectivity index (χ2v) is 11.7. The first-order valence-corrected chi connectivity index (χ1v) is 15.0. The standard InChI is InChI=1S/C33H35N5O3S/c1-7-38(42-6)27-20-28-26(19-25(27)22-10-8-11-23(18-22)31(39)36-33(2,3)4)29(32(40)34-5)30(41-28)21-12-14-24(15-13-21)37-17-9-16-35-37/h8-20H,7H2,1-6H3,(H,34,40)(H,36,39). The lowest BCUT2D eigenvalue weighted by Gasteiger charge is -2.23. The van der Waals surface area contributed by atoms with Gasteiger partial charge in [-0.2, -0.15) is 5.10 Å². The molecule has 216 valence electrons. The third-order valence-electron chi connectivity index (χ3n) is 6.86. The first-order chi connectivity index (χ1) is 20.1. The first-order valence-electron chi connectivity index (χ1n) is 13.8. The number of benzene rings is 3. The number of nitrogens with one attached hydrogen (secondary N) is 2. The second-order valence-electron chi connectivity index (χ2n) is 10.9. The number of aromatic nitrogens is 2. The molecule has 0 fully saturated rings. The monoisotopic (exact) mass is 581 g/mol. The molecule has 0 aliphatic carbocycles. The van der Waals surface area contributed by atoms with Crippen LogP contribution in [0.1, 0.15) is 48.4 Å². The van der Waals surface area contributed by atoms with Crippen molar-refractivity contribution in [3.05, 3.63) is 90.3 Å². The zero-order valence-electron chi connectivity index (χ0n) is 24.7. The van der Waals surface area contributed by atoms with Crippen LogP contribution in [0, 0.1) is 0 Å². The van der Waals surface area contributed by atoms with Crippen molar-refractivity contribution in [1.29, 1.82) is 0 Å². The third kappa shape index (κ3) is 5.78. The Morgan fingerprint density at radius 3 is 2.38 bits per heavy atom. The maximum atomic E-state index is 13.3. The van der Waals surface area contributed by atoms with Gasteiger partial charge in [-0.25, -0.2) is 4.68 Å². The van der Waals surface area contributed by atoms with E-state index < -0.39 is 0 Å². The lowest BCUT2D eigenvalue weighted by molar-refractivity contribution is 0.0918. The highest BCUT2D eigenvalue weighted by molar-refractivity contribution is 8.00. The van der Waals surface area contributed by atoms with E-state index in [1.165, 1.54) is 0 Å². The van der Waals surface area contributed by atoms with E-state index in [0.29, 0.717) is 27.9 Å². The lowest BCUT2D eigenvalue weighted by atomic mass is 9.97. The molecule has 0 saturated carbocycles. The predicted molar refractivity (Wildman–Crippen MR) is 171 cm³/mol. The van der Waals surface area contributed by atoms with Crippen molar-refractivity contribution in [3.8, 4) is 28.1 Å². The fourth-order valence-corrected chi connectivity index (χ4v) is 5.56. The Bertz CT molecular complexity index is 1730. The van der Waals surface area contributed by atoms with Crippen LogP contribution in [0.5, 0.6) is 0 Å². The summed E-state index contributed by atoms with van der Waals surface area (Å²) in [7, 11) is 1.62. The molecule has 9 heteroatoms. The Balaban J connectivity index is 1.69. The fourth-order valence-electron chi connectivity index (χ4n) is 4.95. The van der Waals surface area contributed by atoms with Crippen molar-refractivity contribution in [2.45, 2.75) is 33.2 Å². The van der Waals surface area contributed by atoms with Gasteiger partial charge in [0, 0.05) is 65.9 Å². The molecule has 0 bridgehead atoms. The van der Waals surface area contributed by atoms with Gasteiger partial charge in [-0.3, -0.25) is 9.59 Å². The minimum absolute atomic E-state index is 0.139. The Kier molecular flexibility index (Phi) is 8.13. The van der Waals surface area contributed by atoms with Crippen molar-refractivity contribution < 1.29 is 14.0 Å². The minimum Gasteiger partial charge on any atom is -0.455 e. The van der Waals surface area contributed by atoms with Gasteiger partial charge in [0.15, 0.2) is 0 Å². The molecule has 0 spiro atoms. The number of hydrogen-bond acceptors (Lipinski definition) is 6. The van der Waals surface area contributed by atoms with E-state index in [-0.39, 0.29) is 17.4 Å². The molecule has 3 aromatic carbocycles. The molecular weight excluding hydrogens is 546 g/mol. The average molecular weight is 582 g/mol. The summed E-state index contributed by atoms with van der Waals surface area (Å²) in [4.78, 5) is 26.4. The van der Waals surface area contributed by atoms with E-state index >= 15 is 0 Å². The van der Waals surface area contributed by atoms with Gasteiger partial charge < -0.3 is 19.4 Å². The molecule has 0 aliphatic rings. The van der Waals surface area contributed by atoms with Crippen LogP contribution in [0.4, 0.5) is 5.69 Å². The van der Waals surface area contributed by atoms with Gasteiger partial charge >= 0.3 is 0 Å². The summed E-state index contributed by atoms with van der Waals surface area (Å²) >= 11 is 1.60. The summed E-state index contributed by atoms with van der Waals surface area (Å²) in [5.74, 6) is 0.110. The fraction of sp³-hybridized carbons (Fsp3) is 0.242. The molecular formula is C33H35N5O3S. The van der Waals surface area contributed by atoms with Crippen LogP contribution in [0.15, 0.2) is 83.5 Å². The Hall–Kier alpha value is -4.50. The quantitative estimate of drug-likeness (QED) is 0.193. The molecule has 0 atom stereocenters. The Morgan fingerprint density at radius 2 is 1.76 bits per heavy atom. The SMILES string of the molecule is CCN(SC)c1cc2oc(-c3ccc(-n4cccn4)cc3)c(C(=O)NC)c2cc1-c1cccc(C(=O)NC(C)(C)C)c1.